The fourth-order valence-corrected chi connectivity index (χ4v) is 2.09. The predicted octanol–water partition coefficient (Wildman–Crippen LogP) is 2.68. The van der Waals surface area contributed by atoms with Gasteiger partial charge in [0.15, 0.2) is 11.6 Å². The van der Waals surface area contributed by atoms with E-state index in [1.807, 2.05) is 6.92 Å². The minimum atomic E-state index is -0.303. The topological polar surface area (TPSA) is 35.2 Å². The molecule has 2 N–H and O–H groups in total. The number of ether oxygens (including phenoxy) is 1. The highest BCUT2D eigenvalue weighted by molar-refractivity contribution is 7.99. The van der Waals surface area contributed by atoms with Crippen LogP contribution in [-0.4, -0.2) is 24.2 Å². The van der Waals surface area contributed by atoms with Crippen molar-refractivity contribution in [1.29, 1.82) is 0 Å². The Morgan fingerprint density at radius 2 is 2.12 bits per heavy atom. The van der Waals surface area contributed by atoms with E-state index in [9.17, 15) is 4.39 Å². The molecule has 0 aromatic heterocycles. The maximum atomic E-state index is 13.1. The Hall–Kier alpha value is -0.740. The standard InChI is InChI=1S/C12H18FNOS/c1-10(14)6-8-16-9-7-15-12-5-3-2-4-11(12)13/h2-5,10H,6-9,14H2,1H3. The molecule has 1 aromatic rings. The van der Waals surface area contributed by atoms with Crippen molar-refractivity contribution in [2.75, 3.05) is 18.1 Å². The highest BCUT2D eigenvalue weighted by atomic mass is 32.2. The van der Waals surface area contributed by atoms with Gasteiger partial charge in [-0.05, 0) is 31.2 Å². The summed E-state index contributed by atoms with van der Waals surface area (Å²) in [5.74, 6) is 1.91. The number of para-hydroxylation sites is 1. The molecule has 0 saturated carbocycles. The zero-order valence-electron chi connectivity index (χ0n) is 9.49. The molecule has 4 heteroatoms. The molecular weight excluding hydrogens is 225 g/mol. The van der Waals surface area contributed by atoms with Gasteiger partial charge in [-0.1, -0.05) is 12.1 Å². The van der Waals surface area contributed by atoms with Crippen LogP contribution in [0, 0.1) is 5.82 Å². The molecule has 0 radical (unpaired) electrons. The largest absolute Gasteiger partial charge is 0.490 e. The SMILES string of the molecule is CC(N)CCSCCOc1ccccc1F. The summed E-state index contributed by atoms with van der Waals surface area (Å²) in [5, 5.41) is 0. The van der Waals surface area contributed by atoms with Crippen molar-refractivity contribution < 1.29 is 9.13 Å². The van der Waals surface area contributed by atoms with E-state index in [1.165, 1.54) is 6.07 Å². The molecule has 0 amide bonds. The maximum Gasteiger partial charge on any atom is 0.165 e. The van der Waals surface area contributed by atoms with Gasteiger partial charge in [0, 0.05) is 11.8 Å². The summed E-state index contributed by atoms with van der Waals surface area (Å²) >= 11 is 1.78. The van der Waals surface area contributed by atoms with Crippen molar-refractivity contribution >= 4 is 11.8 Å². The van der Waals surface area contributed by atoms with Crippen molar-refractivity contribution in [3.63, 3.8) is 0 Å². The molecule has 0 fully saturated rings. The van der Waals surface area contributed by atoms with Crippen LogP contribution < -0.4 is 10.5 Å². The molecule has 1 rings (SSSR count). The number of thioether (sulfide) groups is 1. The second kappa shape index (κ2) is 7.52. The van der Waals surface area contributed by atoms with E-state index in [2.05, 4.69) is 0 Å². The molecular formula is C12H18FNOS. The van der Waals surface area contributed by atoms with Gasteiger partial charge in [0.25, 0.3) is 0 Å². The smallest absolute Gasteiger partial charge is 0.165 e. The van der Waals surface area contributed by atoms with Crippen molar-refractivity contribution in [2.45, 2.75) is 19.4 Å². The summed E-state index contributed by atoms with van der Waals surface area (Å²) in [6.07, 6.45) is 1.00. The van der Waals surface area contributed by atoms with Gasteiger partial charge in [-0.3, -0.25) is 0 Å². The number of nitrogens with two attached hydrogens (primary N) is 1. The van der Waals surface area contributed by atoms with Gasteiger partial charge < -0.3 is 10.5 Å². The fraction of sp³-hybridized carbons (Fsp3) is 0.500. The van der Waals surface area contributed by atoms with Crippen LogP contribution >= 0.6 is 11.8 Å². The quantitative estimate of drug-likeness (QED) is 0.748. The third-order valence-corrected chi connectivity index (χ3v) is 3.02. The predicted molar refractivity (Wildman–Crippen MR) is 67.5 cm³/mol. The lowest BCUT2D eigenvalue weighted by atomic mass is 10.3. The normalized spacial score (nSPS) is 12.4. The molecule has 1 unspecified atom stereocenters. The van der Waals surface area contributed by atoms with Crippen molar-refractivity contribution in [3.05, 3.63) is 30.1 Å². The van der Waals surface area contributed by atoms with Crippen molar-refractivity contribution in [3.8, 4) is 5.75 Å². The Labute approximate surface area is 100 Å². The van der Waals surface area contributed by atoms with Gasteiger partial charge in [-0.2, -0.15) is 11.8 Å². The lowest BCUT2D eigenvalue weighted by Gasteiger charge is -2.07. The van der Waals surface area contributed by atoms with E-state index in [1.54, 1.807) is 30.0 Å². The summed E-state index contributed by atoms with van der Waals surface area (Å²) in [5.41, 5.74) is 5.62. The first-order chi connectivity index (χ1) is 7.70. The first kappa shape index (κ1) is 13.3. The van der Waals surface area contributed by atoms with Crippen LogP contribution in [0.2, 0.25) is 0 Å². The number of rotatable bonds is 7. The van der Waals surface area contributed by atoms with Crippen molar-refractivity contribution in [2.24, 2.45) is 5.73 Å². The zero-order valence-corrected chi connectivity index (χ0v) is 10.3. The van der Waals surface area contributed by atoms with Crippen LogP contribution in [0.15, 0.2) is 24.3 Å². The van der Waals surface area contributed by atoms with Crippen LogP contribution in [-0.2, 0) is 0 Å². The van der Waals surface area contributed by atoms with Gasteiger partial charge >= 0.3 is 0 Å². The minimum Gasteiger partial charge on any atom is -0.490 e. The number of hydrogen-bond donors (Lipinski definition) is 1. The first-order valence-corrected chi connectivity index (χ1v) is 6.56. The van der Waals surface area contributed by atoms with Gasteiger partial charge in [-0.15, -0.1) is 0 Å². The molecule has 0 aliphatic heterocycles. The van der Waals surface area contributed by atoms with Gasteiger partial charge in [0.05, 0.1) is 6.61 Å². The number of hydrogen-bond acceptors (Lipinski definition) is 3. The number of halogens is 1. The molecule has 2 nitrogen and oxygen atoms in total. The molecule has 0 aliphatic carbocycles. The Morgan fingerprint density at radius 1 is 1.38 bits per heavy atom. The molecule has 1 atom stereocenters. The van der Waals surface area contributed by atoms with Crippen molar-refractivity contribution in [1.82, 2.24) is 0 Å². The highest BCUT2D eigenvalue weighted by Crippen LogP contribution is 2.15. The maximum absolute atomic E-state index is 13.1. The Bertz CT molecular complexity index is 307. The molecule has 0 spiro atoms. The lowest BCUT2D eigenvalue weighted by molar-refractivity contribution is 0.325. The van der Waals surface area contributed by atoms with Crippen LogP contribution in [0.25, 0.3) is 0 Å². The number of benzene rings is 1. The molecule has 0 heterocycles. The van der Waals surface area contributed by atoms with E-state index in [-0.39, 0.29) is 11.9 Å². The zero-order chi connectivity index (χ0) is 11.8. The third-order valence-electron chi connectivity index (χ3n) is 2.04. The van der Waals surface area contributed by atoms with E-state index in [0.29, 0.717) is 12.4 Å². The van der Waals surface area contributed by atoms with Gasteiger partial charge in [-0.25, -0.2) is 4.39 Å². The first-order valence-electron chi connectivity index (χ1n) is 5.41. The second-order valence-corrected chi connectivity index (χ2v) is 4.88. The summed E-state index contributed by atoms with van der Waals surface area (Å²) in [6, 6.07) is 6.71. The summed E-state index contributed by atoms with van der Waals surface area (Å²) in [6.45, 7) is 2.53. The molecule has 90 valence electrons. The van der Waals surface area contributed by atoms with E-state index < -0.39 is 0 Å². The fourth-order valence-electron chi connectivity index (χ4n) is 1.14. The highest BCUT2D eigenvalue weighted by Gasteiger charge is 2.00. The summed E-state index contributed by atoms with van der Waals surface area (Å²) in [7, 11) is 0. The molecule has 0 aliphatic rings. The monoisotopic (exact) mass is 243 g/mol. The third kappa shape index (κ3) is 5.37. The Balaban J connectivity index is 2.10. The summed E-state index contributed by atoms with van der Waals surface area (Å²) < 4.78 is 18.4. The van der Waals surface area contributed by atoms with Crippen LogP contribution in [0.5, 0.6) is 5.75 Å². The van der Waals surface area contributed by atoms with E-state index in [0.717, 1.165) is 17.9 Å². The Morgan fingerprint density at radius 3 is 2.81 bits per heavy atom. The minimum absolute atomic E-state index is 0.250. The average Bonchev–Trinajstić information content (AvgIpc) is 2.25. The Kier molecular flexibility index (Phi) is 6.26. The average molecular weight is 243 g/mol. The van der Waals surface area contributed by atoms with E-state index >= 15 is 0 Å². The molecule has 0 saturated heterocycles. The second-order valence-electron chi connectivity index (χ2n) is 3.66. The summed E-state index contributed by atoms with van der Waals surface area (Å²) in [4.78, 5) is 0. The lowest BCUT2D eigenvalue weighted by Crippen LogP contribution is -2.15. The van der Waals surface area contributed by atoms with Gasteiger partial charge in [0.1, 0.15) is 0 Å². The molecule has 0 bridgehead atoms. The van der Waals surface area contributed by atoms with E-state index in [4.69, 9.17) is 10.5 Å². The van der Waals surface area contributed by atoms with Crippen LogP contribution in [0.1, 0.15) is 13.3 Å². The van der Waals surface area contributed by atoms with Gasteiger partial charge in [0.2, 0.25) is 0 Å². The van der Waals surface area contributed by atoms with Crippen LogP contribution in [0.3, 0.4) is 0 Å². The molecule has 1 aromatic carbocycles. The van der Waals surface area contributed by atoms with Crippen LogP contribution in [0.4, 0.5) is 4.39 Å². The molecule has 16 heavy (non-hydrogen) atoms.